The molecule has 0 unspecified atom stereocenters. The molecular weight excluding hydrogens is 725 g/mol. The number of anilines is 3. The Kier molecular flexibility index (Phi) is 8.87. The van der Waals surface area contributed by atoms with Gasteiger partial charge < -0.3 is 9.47 Å². The molecule has 11 rings (SSSR count). The van der Waals surface area contributed by atoms with Crippen molar-refractivity contribution in [3.8, 4) is 50.2 Å². The average Bonchev–Trinajstić information content (AvgIpc) is 3.66. The Bertz CT molecular complexity index is 3250. The van der Waals surface area contributed by atoms with Gasteiger partial charge in [0.1, 0.15) is 0 Å². The number of nitrogens with zero attached hydrogens (tertiary/aromatic N) is 2. The Balaban J connectivity index is 0.897. The lowest BCUT2D eigenvalue weighted by molar-refractivity contribution is 1.18. The maximum absolute atomic E-state index is 2.39. The van der Waals surface area contributed by atoms with E-state index in [2.05, 4.69) is 252 Å². The van der Waals surface area contributed by atoms with E-state index < -0.39 is 0 Å². The van der Waals surface area contributed by atoms with E-state index in [0.29, 0.717) is 0 Å². The SMILES string of the molecule is c1ccc(-c2ccc(N(c3ccc(-c4ccc(-c5ccc6c(c5)c5ccccc5n6-c5ccc(-c6ccccc6)cc5)cc4)cc3)c3ccc4ccccc4c3)cc2)cc1. The molecule has 0 aliphatic carbocycles. The number of hydrogen-bond donors (Lipinski definition) is 0. The molecule has 0 aliphatic heterocycles. The summed E-state index contributed by atoms with van der Waals surface area (Å²) in [6.45, 7) is 0. The van der Waals surface area contributed by atoms with Gasteiger partial charge in [0.25, 0.3) is 0 Å². The summed E-state index contributed by atoms with van der Waals surface area (Å²) in [6, 6.07) is 87.8. The summed E-state index contributed by atoms with van der Waals surface area (Å²) in [5.41, 5.74) is 16.5. The average molecular weight is 765 g/mol. The van der Waals surface area contributed by atoms with Crippen molar-refractivity contribution in [2.75, 3.05) is 4.90 Å². The minimum atomic E-state index is 1.11. The van der Waals surface area contributed by atoms with Crippen LogP contribution >= 0.6 is 0 Å². The highest BCUT2D eigenvalue weighted by Crippen LogP contribution is 2.39. The van der Waals surface area contributed by atoms with Gasteiger partial charge in [0, 0.05) is 33.5 Å². The summed E-state index contributed by atoms with van der Waals surface area (Å²) in [4.78, 5) is 2.35. The van der Waals surface area contributed by atoms with Gasteiger partial charge in [0.15, 0.2) is 0 Å². The van der Waals surface area contributed by atoms with Crippen LogP contribution in [-0.2, 0) is 0 Å². The minimum absolute atomic E-state index is 1.11. The zero-order valence-electron chi connectivity index (χ0n) is 33.0. The normalized spacial score (nSPS) is 11.3. The third-order valence-electron chi connectivity index (χ3n) is 11.8. The van der Waals surface area contributed by atoms with Crippen molar-refractivity contribution < 1.29 is 0 Å². The molecule has 0 atom stereocenters. The monoisotopic (exact) mass is 764 g/mol. The highest BCUT2D eigenvalue weighted by molar-refractivity contribution is 6.10. The second-order valence-corrected chi connectivity index (χ2v) is 15.4. The van der Waals surface area contributed by atoms with Crippen molar-refractivity contribution in [1.82, 2.24) is 4.57 Å². The lowest BCUT2D eigenvalue weighted by atomic mass is 9.98. The number of fused-ring (bicyclic) bond motifs is 4. The van der Waals surface area contributed by atoms with Gasteiger partial charge in [0.05, 0.1) is 11.0 Å². The largest absolute Gasteiger partial charge is 0.310 e. The van der Waals surface area contributed by atoms with E-state index in [-0.39, 0.29) is 0 Å². The third-order valence-corrected chi connectivity index (χ3v) is 11.8. The van der Waals surface area contributed by atoms with Gasteiger partial charge in [-0.3, -0.25) is 0 Å². The molecule has 0 amide bonds. The van der Waals surface area contributed by atoms with Gasteiger partial charge in [0.2, 0.25) is 0 Å². The Morgan fingerprint density at radius 2 is 0.667 bits per heavy atom. The van der Waals surface area contributed by atoms with Crippen molar-refractivity contribution in [3.63, 3.8) is 0 Å². The molecule has 11 aromatic rings. The molecule has 10 aromatic carbocycles. The summed E-state index contributed by atoms with van der Waals surface area (Å²) >= 11 is 0. The third kappa shape index (κ3) is 6.51. The first-order valence-electron chi connectivity index (χ1n) is 20.6. The number of benzene rings is 10. The van der Waals surface area contributed by atoms with Gasteiger partial charge in [-0.2, -0.15) is 0 Å². The molecular formula is C58H40N2. The Labute approximate surface area is 350 Å². The van der Waals surface area contributed by atoms with E-state index in [1.165, 1.54) is 77.1 Å². The fourth-order valence-electron chi connectivity index (χ4n) is 8.72. The Morgan fingerprint density at radius 3 is 1.27 bits per heavy atom. The van der Waals surface area contributed by atoms with Crippen molar-refractivity contribution in [2.24, 2.45) is 0 Å². The molecule has 0 radical (unpaired) electrons. The molecule has 0 spiro atoms. The maximum Gasteiger partial charge on any atom is 0.0541 e. The van der Waals surface area contributed by atoms with Crippen LogP contribution in [0.3, 0.4) is 0 Å². The van der Waals surface area contributed by atoms with E-state index in [9.17, 15) is 0 Å². The van der Waals surface area contributed by atoms with E-state index in [4.69, 9.17) is 0 Å². The van der Waals surface area contributed by atoms with Crippen LogP contribution < -0.4 is 4.90 Å². The summed E-state index contributed by atoms with van der Waals surface area (Å²) in [5.74, 6) is 0. The molecule has 60 heavy (non-hydrogen) atoms. The molecule has 0 saturated carbocycles. The minimum Gasteiger partial charge on any atom is -0.310 e. The highest BCUT2D eigenvalue weighted by atomic mass is 15.1. The first-order valence-corrected chi connectivity index (χ1v) is 20.6. The molecule has 0 saturated heterocycles. The Hall–Kier alpha value is -7.94. The van der Waals surface area contributed by atoms with Gasteiger partial charge >= 0.3 is 0 Å². The van der Waals surface area contributed by atoms with Gasteiger partial charge in [-0.05, 0) is 122 Å². The van der Waals surface area contributed by atoms with E-state index >= 15 is 0 Å². The molecule has 2 heteroatoms. The first kappa shape index (κ1) is 35.2. The van der Waals surface area contributed by atoms with E-state index in [1.54, 1.807) is 0 Å². The first-order chi connectivity index (χ1) is 29.7. The van der Waals surface area contributed by atoms with Crippen LogP contribution in [0.25, 0.3) is 82.8 Å². The van der Waals surface area contributed by atoms with Crippen LogP contribution in [0.15, 0.2) is 243 Å². The lowest BCUT2D eigenvalue weighted by Gasteiger charge is -2.26. The molecule has 282 valence electrons. The zero-order chi connectivity index (χ0) is 39.8. The standard InChI is InChI=1S/C58H40N2/c1-3-11-41(12-4-1)45-23-31-51(32-24-45)59(54-37-29-43-15-7-8-16-49(43)39-54)52-33-25-47(26-34-52)44-19-21-48(22-20-44)50-30-38-58-56(40-50)55-17-9-10-18-57(55)60(58)53-35-27-46(28-36-53)42-13-5-2-6-14-42/h1-40H. The van der Waals surface area contributed by atoms with Crippen LogP contribution in [0.1, 0.15) is 0 Å². The molecule has 0 bridgehead atoms. The molecule has 0 N–H and O–H groups in total. The predicted molar refractivity (Wildman–Crippen MR) is 255 cm³/mol. The molecule has 1 heterocycles. The highest BCUT2D eigenvalue weighted by Gasteiger charge is 2.16. The molecule has 2 nitrogen and oxygen atoms in total. The second-order valence-electron chi connectivity index (χ2n) is 15.4. The smallest absolute Gasteiger partial charge is 0.0541 e. The molecule has 0 aliphatic rings. The summed E-state index contributed by atoms with van der Waals surface area (Å²) in [5, 5.41) is 4.95. The van der Waals surface area contributed by atoms with Gasteiger partial charge in [-0.25, -0.2) is 0 Å². The van der Waals surface area contributed by atoms with E-state index in [1.807, 2.05) is 0 Å². The predicted octanol–water partition coefficient (Wildman–Crippen LogP) is 16.1. The lowest BCUT2D eigenvalue weighted by Crippen LogP contribution is -2.09. The van der Waals surface area contributed by atoms with Gasteiger partial charge in [-0.15, -0.1) is 0 Å². The fourth-order valence-corrected chi connectivity index (χ4v) is 8.72. The summed E-state index contributed by atoms with van der Waals surface area (Å²) in [7, 11) is 0. The van der Waals surface area contributed by atoms with E-state index in [0.717, 1.165) is 22.7 Å². The van der Waals surface area contributed by atoms with Crippen LogP contribution in [0.2, 0.25) is 0 Å². The molecule has 0 fully saturated rings. The number of rotatable bonds is 8. The quantitative estimate of drug-likeness (QED) is 0.150. The number of aromatic nitrogens is 1. The fraction of sp³-hybridized carbons (Fsp3) is 0. The van der Waals surface area contributed by atoms with Crippen LogP contribution in [0.5, 0.6) is 0 Å². The van der Waals surface area contributed by atoms with Crippen LogP contribution in [-0.4, -0.2) is 4.57 Å². The van der Waals surface area contributed by atoms with Crippen molar-refractivity contribution in [3.05, 3.63) is 243 Å². The summed E-state index contributed by atoms with van der Waals surface area (Å²) < 4.78 is 2.39. The second kappa shape index (κ2) is 15.1. The maximum atomic E-state index is 2.39. The van der Waals surface area contributed by atoms with Gasteiger partial charge in [-0.1, -0.05) is 176 Å². The summed E-state index contributed by atoms with van der Waals surface area (Å²) in [6.07, 6.45) is 0. The van der Waals surface area contributed by atoms with Crippen LogP contribution in [0, 0.1) is 0 Å². The molecule has 1 aromatic heterocycles. The van der Waals surface area contributed by atoms with Crippen LogP contribution in [0.4, 0.5) is 17.1 Å². The van der Waals surface area contributed by atoms with Crippen molar-refractivity contribution >= 4 is 49.6 Å². The van der Waals surface area contributed by atoms with Crippen molar-refractivity contribution in [2.45, 2.75) is 0 Å². The Morgan fingerprint density at radius 1 is 0.250 bits per heavy atom. The van der Waals surface area contributed by atoms with Crippen molar-refractivity contribution in [1.29, 1.82) is 0 Å². The zero-order valence-corrected chi connectivity index (χ0v) is 33.0. The number of para-hydroxylation sites is 1. The topological polar surface area (TPSA) is 8.17 Å². The number of hydrogen-bond acceptors (Lipinski definition) is 1.